The maximum absolute atomic E-state index is 12.0. The Morgan fingerprint density at radius 1 is 1.24 bits per heavy atom. The van der Waals surface area contributed by atoms with Crippen molar-refractivity contribution in [1.29, 1.82) is 0 Å². The topological polar surface area (TPSA) is 105 Å². The number of benzene rings is 1. The Labute approximate surface area is 118 Å². The summed E-state index contributed by atoms with van der Waals surface area (Å²) in [5.74, 6) is 0.237. The van der Waals surface area contributed by atoms with Gasteiger partial charge in [-0.05, 0) is 6.92 Å². The highest BCUT2D eigenvalue weighted by atomic mass is 16.1. The van der Waals surface area contributed by atoms with E-state index >= 15 is 0 Å². The summed E-state index contributed by atoms with van der Waals surface area (Å²) in [6.07, 6.45) is 0. The highest BCUT2D eigenvalue weighted by Crippen LogP contribution is 2.21. The first-order chi connectivity index (χ1) is 10.1. The molecule has 104 valence electrons. The first-order valence-corrected chi connectivity index (χ1v) is 6.46. The summed E-state index contributed by atoms with van der Waals surface area (Å²) in [4.78, 5) is 14.8. The number of hydrogen-bond donors (Lipinski definition) is 3. The van der Waals surface area contributed by atoms with Crippen molar-refractivity contribution >= 4 is 22.5 Å². The summed E-state index contributed by atoms with van der Waals surface area (Å²) in [5, 5.41) is 11.5. The fourth-order valence-electron chi connectivity index (χ4n) is 2.40. The number of rotatable bonds is 1. The van der Waals surface area contributed by atoms with E-state index < -0.39 is 0 Å². The molecule has 0 aliphatic rings. The molecule has 0 fully saturated rings. The average molecular weight is 280 g/mol. The number of aryl methyl sites for hydroxylation is 1. The molecule has 1 aromatic carbocycles. The van der Waals surface area contributed by atoms with Crippen LogP contribution in [0.1, 0.15) is 5.56 Å². The smallest absolute Gasteiger partial charge is 0.264 e. The summed E-state index contributed by atoms with van der Waals surface area (Å²) in [6.45, 7) is 2.03. The lowest BCUT2D eigenvalue weighted by Crippen LogP contribution is -2.10. The van der Waals surface area contributed by atoms with Gasteiger partial charge in [0.1, 0.15) is 16.9 Å². The Morgan fingerprint density at radius 3 is 2.76 bits per heavy atom. The minimum atomic E-state index is -0.279. The summed E-state index contributed by atoms with van der Waals surface area (Å²) in [6, 6.07) is 9.83. The Balaban J connectivity index is 2.04. The molecular weight excluding hydrogens is 268 g/mol. The number of H-pyrrole nitrogens is 2. The zero-order chi connectivity index (χ0) is 14.6. The third kappa shape index (κ3) is 1.64. The van der Waals surface area contributed by atoms with E-state index in [1.807, 2.05) is 37.3 Å². The largest absolute Gasteiger partial charge is 0.383 e. The summed E-state index contributed by atoms with van der Waals surface area (Å²) in [5.41, 5.74) is 9.36. The molecule has 3 aromatic heterocycles. The standard InChI is InChI=1S/C14H12N6O/c1-7-2-4-8(5-3-7)9-6-10-16-14(21)11-12(15)17-18-13(11)20(10)19-9/h2-6H,1H3,(H,16,21)(H3,15,17,18). The highest BCUT2D eigenvalue weighted by Gasteiger charge is 2.14. The molecule has 0 aliphatic heterocycles. The van der Waals surface area contributed by atoms with Gasteiger partial charge in [0.2, 0.25) is 0 Å². The molecule has 0 aliphatic carbocycles. The summed E-state index contributed by atoms with van der Waals surface area (Å²) < 4.78 is 1.58. The number of nitrogens with zero attached hydrogens (tertiary/aromatic N) is 3. The van der Waals surface area contributed by atoms with Crippen LogP contribution in [0.15, 0.2) is 35.1 Å². The van der Waals surface area contributed by atoms with Crippen LogP contribution in [0.4, 0.5) is 5.82 Å². The first-order valence-electron chi connectivity index (χ1n) is 6.46. The second kappa shape index (κ2) is 3.95. The number of nitrogens with one attached hydrogen (secondary N) is 2. The van der Waals surface area contributed by atoms with E-state index in [1.165, 1.54) is 5.56 Å². The van der Waals surface area contributed by atoms with Crippen LogP contribution in [0.25, 0.3) is 27.9 Å². The van der Waals surface area contributed by atoms with E-state index in [4.69, 9.17) is 5.73 Å². The predicted octanol–water partition coefficient (Wildman–Crippen LogP) is 1.46. The molecule has 0 amide bonds. The normalized spacial score (nSPS) is 11.5. The molecule has 4 aromatic rings. The lowest BCUT2D eigenvalue weighted by Gasteiger charge is -1.96. The maximum atomic E-state index is 12.0. The Kier molecular flexibility index (Phi) is 2.20. The van der Waals surface area contributed by atoms with E-state index in [-0.39, 0.29) is 11.4 Å². The van der Waals surface area contributed by atoms with E-state index in [0.29, 0.717) is 16.7 Å². The minimum absolute atomic E-state index is 0.237. The quantitative estimate of drug-likeness (QED) is 0.491. The van der Waals surface area contributed by atoms with Gasteiger partial charge >= 0.3 is 0 Å². The van der Waals surface area contributed by atoms with Crippen molar-refractivity contribution in [2.45, 2.75) is 6.92 Å². The molecule has 0 unspecified atom stereocenters. The van der Waals surface area contributed by atoms with Gasteiger partial charge in [0, 0.05) is 11.6 Å². The van der Waals surface area contributed by atoms with Gasteiger partial charge in [-0.15, -0.1) is 0 Å². The zero-order valence-electron chi connectivity index (χ0n) is 11.2. The Bertz CT molecular complexity index is 1020. The lowest BCUT2D eigenvalue weighted by atomic mass is 10.1. The van der Waals surface area contributed by atoms with Crippen molar-refractivity contribution in [3.8, 4) is 11.3 Å². The van der Waals surface area contributed by atoms with Crippen LogP contribution in [0, 0.1) is 6.92 Å². The molecule has 21 heavy (non-hydrogen) atoms. The van der Waals surface area contributed by atoms with Crippen LogP contribution in [0.2, 0.25) is 0 Å². The van der Waals surface area contributed by atoms with Gasteiger partial charge in [-0.25, -0.2) is 0 Å². The number of aromatic nitrogens is 5. The fourth-order valence-corrected chi connectivity index (χ4v) is 2.40. The van der Waals surface area contributed by atoms with Gasteiger partial charge in [0.15, 0.2) is 5.65 Å². The van der Waals surface area contributed by atoms with Crippen molar-refractivity contribution in [3.05, 3.63) is 46.2 Å². The van der Waals surface area contributed by atoms with Gasteiger partial charge in [0.25, 0.3) is 5.56 Å². The van der Waals surface area contributed by atoms with E-state index in [9.17, 15) is 4.79 Å². The molecule has 3 heterocycles. The predicted molar refractivity (Wildman–Crippen MR) is 80.0 cm³/mol. The van der Waals surface area contributed by atoms with E-state index in [2.05, 4.69) is 20.3 Å². The molecule has 0 saturated carbocycles. The second-order valence-electron chi connectivity index (χ2n) is 4.98. The van der Waals surface area contributed by atoms with Crippen LogP contribution in [0.3, 0.4) is 0 Å². The Hall–Kier alpha value is -3.09. The van der Waals surface area contributed by atoms with Crippen LogP contribution in [0.5, 0.6) is 0 Å². The fraction of sp³-hybridized carbons (Fsp3) is 0.0714. The molecule has 7 heteroatoms. The van der Waals surface area contributed by atoms with Crippen molar-refractivity contribution in [2.24, 2.45) is 0 Å². The monoisotopic (exact) mass is 280 g/mol. The number of nitrogens with two attached hydrogens (primary N) is 1. The van der Waals surface area contributed by atoms with Gasteiger partial charge in [-0.1, -0.05) is 29.8 Å². The third-order valence-corrected chi connectivity index (χ3v) is 3.50. The molecule has 0 spiro atoms. The van der Waals surface area contributed by atoms with Crippen molar-refractivity contribution < 1.29 is 0 Å². The third-order valence-electron chi connectivity index (χ3n) is 3.50. The molecule has 4 rings (SSSR count). The highest BCUT2D eigenvalue weighted by molar-refractivity contribution is 5.86. The van der Waals surface area contributed by atoms with Crippen molar-refractivity contribution in [2.75, 3.05) is 5.73 Å². The van der Waals surface area contributed by atoms with Crippen LogP contribution < -0.4 is 11.3 Å². The number of nitrogen functional groups attached to an aromatic ring is 1. The number of fused-ring (bicyclic) bond motifs is 3. The molecule has 0 radical (unpaired) electrons. The zero-order valence-corrected chi connectivity index (χ0v) is 11.2. The second-order valence-corrected chi connectivity index (χ2v) is 4.98. The SMILES string of the molecule is Cc1ccc(-c2cc3[nH]c(=O)c4c(N)[nH]nc4n3n2)cc1. The van der Waals surface area contributed by atoms with Gasteiger partial charge in [-0.3, -0.25) is 9.89 Å². The van der Waals surface area contributed by atoms with Crippen molar-refractivity contribution in [1.82, 2.24) is 24.8 Å². The summed E-state index contributed by atoms with van der Waals surface area (Å²) in [7, 11) is 0. The number of hydrogen-bond acceptors (Lipinski definition) is 4. The first kappa shape index (κ1) is 11.7. The van der Waals surface area contributed by atoms with Crippen LogP contribution >= 0.6 is 0 Å². The minimum Gasteiger partial charge on any atom is -0.383 e. The molecule has 0 bridgehead atoms. The van der Waals surface area contributed by atoms with Gasteiger partial charge < -0.3 is 10.7 Å². The molecule has 4 N–H and O–H groups in total. The Morgan fingerprint density at radius 2 is 2.00 bits per heavy atom. The lowest BCUT2D eigenvalue weighted by molar-refractivity contribution is 0.949. The van der Waals surface area contributed by atoms with E-state index in [1.54, 1.807) is 4.52 Å². The number of anilines is 1. The molecule has 0 atom stereocenters. The van der Waals surface area contributed by atoms with Crippen LogP contribution in [-0.2, 0) is 0 Å². The molecule has 0 saturated heterocycles. The van der Waals surface area contributed by atoms with Gasteiger partial charge in [0.05, 0.1) is 5.69 Å². The van der Waals surface area contributed by atoms with Crippen LogP contribution in [-0.4, -0.2) is 24.8 Å². The summed E-state index contributed by atoms with van der Waals surface area (Å²) >= 11 is 0. The number of aromatic amines is 2. The van der Waals surface area contributed by atoms with Gasteiger partial charge in [-0.2, -0.15) is 14.7 Å². The molecular formula is C14H12N6O. The maximum Gasteiger partial charge on any atom is 0.264 e. The average Bonchev–Trinajstić information content (AvgIpc) is 3.04. The molecule has 7 nitrogen and oxygen atoms in total. The van der Waals surface area contributed by atoms with Crippen molar-refractivity contribution in [3.63, 3.8) is 0 Å². The van der Waals surface area contributed by atoms with E-state index in [0.717, 1.165) is 11.3 Å².